The Hall–Kier alpha value is -0.0800. The predicted octanol–water partition coefficient (Wildman–Crippen LogP) is 4.08. The molecule has 0 rings (SSSR count). The van der Waals surface area contributed by atoms with Gasteiger partial charge in [-0.25, -0.2) is 0 Å². The summed E-state index contributed by atoms with van der Waals surface area (Å²) in [7, 11) is 0. The van der Waals surface area contributed by atoms with Gasteiger partial charge in [-0.2, -0.15) is 0 Å². The maximum atomic E-state index is 6.36. The summed E-state index contributed by atoms with van der Waals surface area (Å²) < 4.78 is 0. The molecule has 2 nitrogen and oxygen atoms in total. The Balaban J connectivity index is 4.15. The Morgan fingerprint density at radius 3 is 1.61 bits per heavy atom. The van der Waals surface area contributed by atoms with E-state index in [1.165, 1.54) is 38.5 Å². The summed E-state index contributed by atoms with van der Waals surface area (Å²) in [5, 5.41) is 0. The van der Waals surface area contributed by atoms with Crippen LogP contribution in [0.5, 0.6) is 0 Å². The van der Waals surface area contributed by atoms with Crippen molar-refractivity contribution in [2.24, 2.45) is 22.3 Å². The van der Waals surface area contributed by atoms with E-state index in [1.54, 1.807) is 0 Å². The fraction of sp³-hybridized carbons (Fsp3) is 1.00. The minimum atomic E-state index is -0.143. The van der Waals surface area contributed by atoms with Crippen LogP contribution in [0.25, 0.3) is 0 Å². The summed E-state index contributed by atoms with van der Waals surface area (Å²) in [6.07, 6.45) is 7.65. The Labute approximate surface area is 115 Å². The van der Waals surface area contributed by atoms with Gasteiger partial charge >= 0.3 is 0 Å². The largest absolute Gasteiger partial charge is 0.330 e. The molecule has 4 N–H and O–H groups in total. The first-order valence-electron chi connectivity index (χ1n) is 7.55. The van der Waals surface area contributed by atoms with Gasteiger partial charge < -0.3 is 11.5 Å². The molecule has 0 radical (unpaired) electrons. The molecule has 0 bridgehead atoms. The Morgan fingerprint density at radius 2 is 1.17 bits per heavy atom. The van der Waals surface area contributed by atoms with Crippen LogP contribution in [0.1, 0.15) is 80.1 Å². The highest BCUT2D eigenvalue weighted by Crippen LogP contribution is 2.48. The summed E-state index contributed by atoms with van der Waals surface area (Å²) in [5.74, 6) is 0. The standard InChI is InChI=1S/C16H36N2/c1-14(2,15(3,4)16(5,6)18)12-10-8-7-9-11-13-17/h7-13,17-18H2,1-6H3. The molecule has 0 fully saturated rings. The van der Waals surface area contributed by atoms with E-state index in [4.69, 9.17) is 11.5 Å². The molecule has 0 heterocycles. The summed E-state index contributed by atoms with van der Waals surface area (Å²) in [6.45, 7) is 14.5. The van der Waals surface area contributed by atoms with Gasteiger partial charge in [-0.05, 0) is 44.1 Å². The highest BCUT2D eigenvalue weighted by atomic mass is 14.8. The van der Waals surface area contributed by atoms with Gasteiger partial charge in [-0.3, -0.25) is 0 Å². The highest BCUT2D eigenvalue weighted by molar-refractivity contribution is 4.99. The van der Waals surface area contributed by atoms with Crippen LogP contribution in [0, 0.1) is 10.8 Å². The van der Waals surface area contributed by atoms with Gasteiger partial charge in [0.15, 0.2) is 0 Å². The number of hydrogen-bond acceptors (Lipinski definition) is 2. The maximum absolute atomic E-state index is 6.36. The lowest BCUT2D eigenvalue weighted by Gasteiger charge is -2.50. The molecule has 0 aromatic carbocycles. The summed E-state index contributed by atoms with van der Waals surface area (Å²) in [5.41, 5.74) is 12.1. The minimum Gasteiger partial charge on any atom is -0.330 e. The van der Waals surface area contributed by atoms with Gasteiger partial charge in [-0.15, -0.1) is 0 Å². The molecule has 0 unspecified atom stereocenters. The SMILES string of the molecule is CC(C)(N)C(C)(C)C(C)(C)CCCCCCCN. The van der Waals surface area contributed by atoms with Crippen molar-refractivity contribution in [1.82, 2.24) is 0 Å². The van der Waals surface area contributed by atoms with Gasteiger partial charge in [0.1, 0.15) is 0 Å². The first-order valence-corrected chi connectivity index (χ1v) is 7.55. The van der Waals surface area contributed by atoms with Crippen LogP contribution in [0.15, 0.2) is 0 Å². The van der Waals surface area contributed by atoms with Crippen LogP contribution in [0.2, 0.25) is 0 Å². The van der Waals surface area contributed by atoms with Gasteiger partial charge in [0.2, 0.25) is 0 Å². The van der Waals surface area contributed by atoms with Crippen molar-refractivity contribution in [2.75, 3.05) is 6.54 Å². The average Bonchev–Trinajstić information content (AvgIpc) is 2.21. The van der Waals surface area contributed by atoms with E-state index < -0.39 is 0 Å². The predicted molar refractivity (Wildman–Crippen MR) is 82.6 cm³/mol. The van der Waals surface area contributed by atoms with Crippen molar-refractivity contribution in [3.63, 3.8) is 0 Å². The zero-order valence-corrected chi connectivity index (χ0v) is 13.6. The Bertz CT molecular complexity index is 224. The third kappa shape index (κ3) is 4.89. The minimum absolute atomic E-state index is 0.136. The Kier molecular flexibility index (Phi) is 6.87. The average molecular weight is 256 g/mol. The van der Waals surface area contributed by atoms with Crippen LogP contribution < -0.4 is 11.5 Å². The Morgan fingerprint density at radius 1 is 0.722 bits per heavy atom. The molecule has 2 heteroatoms. The quantitative estimate of drug-likeness (QED) is 0.611. The molecule has 18 heavy (non-hydrogen) atoms. The van der Waals surface area contributed by atoms with Crippen LogP contribution in [0.4, 0.5) is 0 Å². The van der Waals surface area contributed by atoms with Gasteiger partial charge in [0, 0.05) is 5.54 Å². The molecular formula is C16H36N2. The van der Waals surface area contributed by atoms with E-state index >= 15 is 0 Å². The van der Waals surface area contributed by atoms with Crippen LogP contribution in [-0.4, -0.2) is 12.1 Å². The van der Waals surface area contributed by atoms with Gasteiger partial charge in [0.05, 0.1) is 0 Å². The number of unbranched alkanes of at least 4 members (excludes halogenated alkanes) is 4. The third-order valence-corrected chi connectivity index (χ3v) is 5.31. The van der Waals surface area contributed by atoms with Crippen molar-refractivity contribution in [1.29, 1.82) is 0 Å². The molecule has 0 saturated carbocycles. The van der Waals surface area contributed by atoms with E-state index in [-0.39, 0.29) is 16.4 Å². The fourth-order valence-corrected chi connectivity index (χ4v) is 2.43. The van der Waals surface area contributed by atoms with Crippen molar-refractivity contribution < 1.29 is 0 Å². The number of hydrogen-bond donors (Lipinski definition) is 2. The van der Waals surface area contributed by atoms with Gasteiger partial charge in [-0.1, -0.05) is 53.4 Å². The molecule has 0 aromatic heterocycles. The number of rotatable bonds is 9. The summed E-state index contributed by atoms with van der Waals surface area (Å²) >= 11 is 0. The van der Waals surface area contributed by atoms with Crippen molar-refractivity contribution in [3.8, 4) is 0 Å². The second kappa shape index (κ2) is 6.91. The van der Waals surface area contributed by atoms with E-state index in [1.807, 2.05) is 0 Å². The van der Waals surface area contributed by atoms with Crippen molar-refractivity contribution in [2.45, 2.75) is 85.6 Å². The molecule has 0 aliphatic rings. The molecular weight excluding hydrogens is 220 g/mol. The lowest BCUT2D eigenvalue weighted by atomic mass is 9.57. The van der Waals surface area contributed by atoms with Gasteiger partial charge in [0.25, 0.3) is 0 Å². The van der Waals surface area contributed by atoms with Crippen LogP contribution >= 0.6 is 0 Å². The lowest BCUT2D eigenvalue weighted by molar-refractivity contribution is 0.0258. The second-order valence-corrected chi connectivity index (χ2v) is 7.54. The fourth-order valence-electron chi connectivity index (χ4n) is 2.43. The molecule has 0 amide bonds. The van der Waals surface area contributed by atoms with E-state index in [2.05, 4.69) is 41.5 Å². The maximum Gasteiger partial charge on any atom is 0.0154 e. The molecule has 0 saturated heterocycles. The van der Waals surface area contributed by atoms with Crippen molar-refractivity contribution in [3.05, 3.63) is 0 Å². The van der Waals surface area contributed by atoms with Crippen molar-refractivity contribution >= 4 is 0 Å². The second-order valence-electron chi connectivity index (χ2n) is 7.54. The number of nitrogens with two attached hydrogens (primary N) is 2. The molecule has 0 aliphatic heterocycles. The molecule has 0 atom stereocenters. The topological polar surface area (TPSA) is 52.0 Å². The molecule has 110 valence electrons. The first kappa shape index (κ1) is 17.9. The lowest BCUT2D eigenvalue weighted by Crippen LogP contribution is -2.54. The molecule has 0 aromatic rings. The third-order valence-electron chi connectivity index (χ3n) is 5.31. The first-order chi connectivity index (χ1) is 8.06. The molecule has 0 aliphatic carbocycles. The smallest absolute Gasteiger partial charge is 0.0154 e. The van der Waals surface area contributed by atoms with E-state index in [9.17, 15) is 0 Å². The van der Waals surface area contributed by atoms with Crippen LogP contribution in [0.3, 0.4) is 0 Å². The highest BCUT2D eigenvalue weighted by Gasteiger charge is 2.45. The summed E-state index contributed by atoms with van der Waals surface area (Å²) in [6, 6.07) is 0. The van der Waals surface area contributed by atoms with Crippen LogP contribution in [-0.2, 0) is 0 Å². The zero-order valence-electron chi connectivity index (χ0n) is 13.6. The zero-order chi connectivity index (χ0) is 14.4. The normalized spacial score (nSPS) is 14.0. The monoisotopic (exact) mass is 256 g/mol. The van der Waals surface area contributed by atoms with E-state index in [0.717, 1.165) is 6.54 Å². The van der Waals surface area contributed by atoms with E-state index in [0.29, 0.717) is 0 Å². The molecule has 0 spiro atoms. The summed E-state index contributed by atoms with van der Waals surface area (Å²) in [4.78, 5) is 0.